The van der Waals surface area contributed by atoms with Crippen LogP contribution >= 0.6 is 0 Å². The zero-order chi connectivity index (χ0) is 27.7. The van der Waals surface area contributed by atoms with Crippen LogP contribution < -0.4 is 10.6 Å². The number of hydrogen-bond donors (Lipinski definition) is 2. The van der Waals surface area contributed by atoms with Crippen molar-refractivity contribution in [2.45, 2.75) is 71.4 Å². The summed E-state index contributed by atoms with van der Waals surface area (Å²) in [5.41, 5.74) is 0.0668. The first-order valence-electron chi connectivity index (χ1n) is 13.5. The zero-order valence-corrected chi connectivity index (χ0v) is 22.6. The molecular weight excluding hydrogens is 488 g/mol. The summed E-state index contributed by atoms with van der Waals surface area (Å²) >= 11 is 0. The zero-order valence-electron chi connectivity index (χ0n) is 22.6. The fourth-order valence-corrected chi connectivity index (χ4v) is 4.80. The molecule has 208 valence electrons. The van der Waals surface area contributed by atoms with E-state index < -0.39 is 35.6 Å². The molecule has 2 unspecified atom stereocenters. The molecule has 1 saturated carbocycles. The average Bonchev–Trinajstić information content (AvgIpc) is 2.84. The summed E-state index contributed by atoms with van der Waals surface area (Å²) in [6, 6.07) is 3.17. The van der Waals surface area contributed by atoms with Gasteiger partial charge in [0.15, 0.2) is 6.29 Å². The van der Waals surface area contributed by atoms with Gasteiger partial charge in [-0.25, -0.2) is 0 Å². The number of ketones is 1. The lowest BCUT2D eigenvalue weighted by molar-refractivity contribution is -0.142. The minimum atomic E-state index is -0.899. The summed E-state index contributed by atoms with van der Waals surface area (Å²) in [4.78, 5) is 68.4. The van der Waals surface area contributed by atoms with E-state index in [1.54, 1.807) is 25.1 Å². The maximum absolute atomic E-state index is 13.4. The molecule has 1 aromatic heterocycles. The van der Waals surface area contributed by atoms with Crippen LogP contribution in [-0.2, 0) is 23.9 Å². The monoisotopic (exact) mass is 528 g/mol. The molecule has 38 heavy (non-hydrogen) atoms. The Bertz CT molecular complexity index is 990. The number of amides is 3. The maximum Gasteiger partial charge on any atom is 0.270 e. The Hall–Kier alpha value is -3.14. The number of ether oxygens (including phenoxy) is 1. The Labute approximate surface area is 224 Å². The van der Waals surface area contributed by atoms with E-state index in [0.29, 0.717) is 50.9 Å². The molecule has 0 bridgehead atoms. The predicted molar refractivity (Wildman–Crippen MR) is 140 cm³/mol. The van der Waals surface area contributed by atoms with Gasteiger partial charge < -0.3 is 20.3 Å². The second kappa shape index (κ2) is 13.6. The number of rotatable bonds is 15. The van der Waals surface area contributed by atoms with E-state index in [-0.39, 0.29) is 23.9 Å². The highest BCUT2D eigenvalue weighted by Gasteiger charge is 2.38. The van der Waals surface area contributed by atoms with Crippen LogP contribution in [0.4, 0.5) is 0 Å². The minimum absolute atomic E-state index is 0.122. The molecule has 1 aliphatic heterocycles. The van der Waals surface area contributed by atoms with Gasteiger partial charge in [0.1, 0.15) is 11.7 Å². The van der Waals surface area contributed by atoms with Gasteiger partial charge in [0.2, 0.25) is 17.6 Å². The van der Waals surface area contributed by atoms with Crippen LogP contribution in [-0.4, -0.2) is 78.1 Å². The number of nitrogens with one attached hydrogen (secondary N) is 2. The molecule has 1 aromatic rings. The first-order valence-corrected chi connectivity index (χ1v) is 13.5. The third kappa shape index (κ3) is 7.69. The van der Waals surface area contributed by atoms with Gasteiger partial charge in [-0.2, -0.15) is 0 Å². The third-order valence-corrected chi connectivity index (χ3v) is 7.99. The molecule has 2 fully saturated rings. The number of aromatic nitrogens is 1. The van der Waals surface area contributed by atoms with Gasteiger partial charge in [0.25, 0.3) is 5.91 Å². The van der Waals surface area contributed by atoms with Crippen molar-refractivity contribution in [3.63, 3.8) is 0 Å². The summed E-state index contributed by atoms with van der Waals surface area (Å²) < 4.78 is 5.35. The number of aldehydes is 1. The van der Waals surface area contributed by atoms with E-state index in [9.17, 15) is 24.0 Å². The molecule has 0 radical (unpaired) electrons. The van der Waals surface area contributed by atoms with Crippen molar-refractivity contribution in [3.8, 4) is 0 Å². The Balaban J connectivity index is 1.73. The predicted octanol–water partition coefficient (Wildman–Crippen LogP) is 1.92. The lowest BCUT2D eigenvalue weighted by atomic mass is 9.75. The van der Waals surface area contributed by atoms with Gasteiger partial charge in [-0.1, -0.05) is 46.1 Å². The van der Waals surface area contributed by atoms with Crippen LogP contribution in [0.2, 0.25) is 0 Å². The van der Waals surface area contributed by atoms with Gasteiger partial charge in [-0.15, -0.1) is 0 Å². The van der Waals surface area contributed by atoms with Gasteiger partial charge in [-0.05, 0) is 42.7 Å². The Morgan fingerprint density at radius 2 is 1.95 bits per heavy atom. The van der Waals surface area contributed by atoms with Crippen molar-refractivity contribution < 1.29 is 28.7 Å². The third-order valence-electron chi connectivity index (χ3n) is 7.99. The second-order valence-corrected chi connectivity index (χ2v) is 11.0. The fourth-order valence-electron chi connectivity index (χ4n) is 4.80. The number of pyridine rings is 1. The van der Waals surface area contributed by atoms with E-state index in [2.05, 4.69) is 29.5 Å². The highest BCUT2D eigenvalue weighted by Crippen LogP contribution is 2.36. The molecule has 10 heteroatoms. The highest BCUT2D eigenvalue weighted by molar-refractivity contribution is 6.28. The Morgan fingerprint density at radius 1 is 1.21 bits per heavy atom. The maximum atomic E-state index is 13.4. The molecule has 3 rings (SSSR count). The van der Waals surface area contributed by atoms with E-state index >= 15 is 0 Å². The topological polar surface area (TPSA) is 135 Å². The molecule has 2 heterocycles. The van der Waals surface area contributed by atoms with Crippen molar-refractivity contribution in [2.75, 3.05) is 26.3 Å². The first-order chi connectivity index (χ1) is 18.2. The van der Waals surface area contributed by atoms with Crippen molar-refractivity contribution in [2.24, 2.45) is 17.3 Å². The number of hydrogen-bond acceptors (Lipinski definition) is 7. The van der Waals surface area contributed by atoms with Crippen LogP contribution in [0, 0.1) is 17.3 Å². The van der Waals surface area contributed by atoms with Crippen molar-refractivity contribution in [1.29, 1.82) is 0 Å². The summed E-state index contributed by atoms with van der Waals surface area (Å²) in [6.07, 6.45) is 6.12. The minimum Gasteiger partial charge on any atom is -0.381 e. The molecular formula is C28H40N4O6. The fraction of sp³-hybridized carbons (Fsp3) is 0.643. The lowest BCUT2D eigenvalue weighted by Crippen LogP contribution is -2.56. The van der Waals surface area contributed by atoms with E-state index in [4.69, 9.17) is 4.74 Å². The number of carbonyl (C=O) groups is 5. The average molecular weight is 529 g/mol. The SMILES string of the molecule is CCC(C(=O)NC(CC1CCC1)C(=O)C=O)N(CCC(C)(C)C1COC1)C(=O)CNC(=O)c1ccccn1. The van der Waals surface area contributed by atoms with Gasteiger partial charge in [0.05, 0.1) is 25.8 Å². The standard InChI is InChI=1S/C28H40N4O6/c1-4-23(27(37)31-22(24(34)16-33)14-19-8-7-9-19)32(13-11-28(2,3)20-17-38-18-20)25(35)15-30-26(36)21-10-5-6-12-29-21/h5-6,10,12,16,19-20,22-23H,4,7-9,11,13-15,17-18H2,1-3H3,(H,30,36)(H,31,37). The van der Waals surface area contributed by atoms with Crippen LogP contribution in [0.1, 0.15) is 69.8 Å². The van der Waals surface area contributed by atoms with Gasteiger partial charge in [0, 0.05) is 18.7 Å². The smallest absolute Gasteiger partial charge is 0.270 e. The Morgan fingerprint density at radius 3 is 2.47 bits per heavy atom. The summed E-state index contributed by atoms with van der Waals surface area (Å²) in [7, 11) is 0. The normalized spacial score (nSPS) is 17.3. The molecule has 10 nitrogen and oxygen atoms in total. The Kier molecular flexibility index (Phi) is 10.5. The quantitative estimate of drug-likeness (QED) is 0.262. The molecule has 2 atom stereocenters. The van der Waals surface area contributed by atoms with E-state index in [1.807, 2.05) is 0 Å². The van der Waals surface area contributed by atoms with E-state index in [0.717, 1.165) is 19.3 Å². The molecule has 3 amide bonds. The molecule has 1 aliphatic carbocycles. The van der Waals surface area contributed by atoms with Crippen molar-refractivity contribution in [3.05, 3.63) is 30.1 Å². The van der Waals surface area contributed by atoms with Crippen molar-refractivity contribution in [1.82, 2.24) is 20.5 Å². The largest absolute Gasteiger partial charge is 0.381 e. The van der Waals surface area contributed by atoms with Crippen molar-refractivity contribution >= 4 is 29.8 Å². The number of nitrogens with zero attached hydrogens (tertiary/aromatic N) is 2. The second-order valence-electron chi connectivity index (χ2n) is 11.0. The molecule has 0 aromatic carbocycles. The molecule has 2 aliphatic rings. The molecule has 0 spiro atoms. The van der Waals surface area contributed by atoms with E-state index in [1.165, 1.54) is 11.1 Å². The molecule has 2 N–H and O–H groups in total. The van der Waals surface area contributed by atoms with Crippen LogP contribution in [0.25, 0.3) is 0 Å². The lowest BCUT2D eigenvalue weighted by Gasteiger charge is -2.42. The number of carbonyl (C=O) groups excluding carboxylic acids is 5. The summed E-state index contributed by atoms with van der Waals surface area (Å²) in [5.74, 6) is -1.37. The van der Waals surface area contributed by atoms with Crippen LogP contribution in [0.3, 0.4) is 0 Å². The molecule has 1 saturated heterocycles. The summed E-state index contributed by atoms with van der Waals surface area (Å²) in [6.45, 7) is 7.34. The first kappa shape index (κ1) is 29.4. The van der Waals surface area contributed by atoms with Gasteiger partial charge >= 0.3 is 0 Å². The summed E-state index contributed by atoms with van der Waals surface area (Å²) in [5, 5.41) is 5.36. The van der Waals surface area contributed by atoms with Crippen LogP contribution in [0.5, 0.6) is 0 Å². The van der Waals surface area contributed by atoms with Gasteiger partial charge in [-0.3, -0.25) is 29.0 Å². The number of Topliss-reactive ketones (excluding diaryl/α,β-unsaturated/α-hetero) is 1. The van der Waals surface area contributed by atoms with Crippen LogP contribution in [0.15, 0.2) is 24.4 Å². The highest BCUT2D eigenvalue weighted by atomic mass is 16.5.